The fourth-order valence-corrected chi connectivity index (χ4v) is 7.57. The lowest BCUT2D eigenvalue weighted by Crippen LogP contribution is -2.65. The van der Waals surface area contributed by atoms with Crippen molar-refractivity contribution in [1.82, 2.24) is 14.7 Å². The number of rotatable bonds is 5. The van der Waals surface area contributed by atoms with Crippen LogP contribution in [-0.2, 0) is 27.3 Å². The molecule has 6 N–H and O–H groups in total. The van der Waals surface area contributed by atoms with Crippen LogP contribution >= 0.6 is 0 Å². The van der Waals surface area contributed by atoms with Crippen molar-refractivity contribution < 1.29 is 34.8 Å². The molecule has 1 amide bonds. The van der Waals surface area contributed by atoms with Gasteiger partial charge in [0.1, 0.15) is 22.8 Å². The second-order valence-corrected chi connectivity index (χ2v) is 12.7. The van der Waals surface area contributed by atoms with Gasteiger partial charge in [0, 0.05) is 44.2 Å². The van der Waals surface area contributed by atoms with Gasteiger partial charge in [-0.15, -0.1) is 0 Å². The van der Waals surface area contributed by atoms with E-state index in [1.165, 1.54) is 16.5 Å². The molecule has 3 aliphatic carbocycles. The van der Waals surface area contributed by atoms with Crippen molar-refractivity contribution >= 4 is 23.2 Å². The SMILES string of the molecule is CN1CCN(Cc2ccc(-c3ccc(O)c4c3C[C@@H]3C[C@H]5[C@@H](N(C)C)C(=O)C(C(N)=O)=C(O)[C@@]5(O)C(=O)C3=C4O)cc2)CC1. The number of aliphatic hydroxyl groups excluding tert-OH is 2. The number of phenols is 1. The molecule has 1 saturated carbocycles. The third-order valence-electron chi connectivity index (χ3n) is 9.87. The number of hydrogen-bond acceptors (Lipinski definition) is 10. The zero-order valence-electron chi connectivity index (χ0n) is 25.1. The maximum atomic E-state index is 14.0. The van der Waals surface area contributed by atoms with Crippen molar-refractivity contribution in [3.63, 3.8) is 0 Å². The highest BCUT2D eigenvalue weighted by Gasteiger charge is 2.64. The number of Topliss-reactive ketones (excluding diaryl/α,β-unsaturated/α-hetero) is 2. The molecule has 0 aromatic heterocycles. The molecule has 2 aromatic rings. The zero-order chi connectivity index (χ0) is 31.7. The summed E-state index contributed by atoms with van der Waals surface area (Å²) in [6.45, 7) is 4.92. The first kappa shape index (κ1) is 30.0. The predicted molar refractivity (Wildman–Crippen MR) is 162 cm³/mol. The Bertz CT molecular complexity index is 1620. The number of ketones is 2. The number of nitrogens with zero attached hydrogens (tertiary/aromatic N) is 3. The van der Waals surface area contributed by atoms with Crippen molar-refractivity contribution in [2.45, 2.75) is 31.0 Å². The van der Waals surface area contributed by atoms with E-state index in [1.807, 2.05) is 12.1 Å². The minimum Gasteiger partial charge on any atom is -0.508 e. The lowest BCUT2D eigenvalue weighted by Gasteiger charge is -2.50. The molecule has 2 fully saturated rings. The molecule has 4 atom stereocenters. The Morgan fingerprint density at radius 3 is 2.30 bits per heavy atom. The Labute approximate surface area is 255 Å². The van der Waals surface area contributed by atoms with Crippen LogP contribution in [0.1, 0.15) is 23.1 Å². The van der Waals surface area contributed by atoms with Gasteiger partial charge in [-0.3, -0.25) is 24.2 Å². The van der Waals surface area contributed by atoms with Gasteiger partial charge in [-0.25, -0.2) is 0 Å². The molecular formula is C33H38N4O7. The van der Waals surface area contributed by atoms with Gasteiger partial charge in [0.05, 0.1) is 11.6 Å². The predicted octanol–water partition coefficient (Wildman–Crippen LogP) is 1.38. The maximum absolute atomic E-state index is 14.0. The van der Waals surface area contributed by atoms with Crippen molar-refractivity contribution in [3.05, 3.63) is 70.0 Å². The summed E-state index contributed by atoms with van der Waals surface area (Å²) < 4.78 is 0. The highest BCUT2D eigenvalue weighted by Crippen LogP contribution is 2.53. The van der Waals surface area contributed by atoms with E-state index in [4.69, 9.17) is 5.73 Å². The van der Waals surface area contributed by atoms with Crippen LogP contribution in [0, 0.1) is 11.8 Å². The molecule has 2 aromatic carbocycles. The number of aromatic hydroxyl groups is 1. The first-order chi connectivity index (χ1) is 20.8. The Balaban J connectivity index is 1.40. The van der Waals surface area contributed by atoms with Crippen molar-refractivity contribution in [2.24, 2.45) is 17.6 Å². The number of hydrogen-bond donors (Lipinski definition) is 5. The largest absolute Gasteiger partial charge is 0.508 e. The van der Waals surface area contributed by atoms with Gasteiger partial charge in [-0.2, -0.15) is 0 Å². The molecule has 6 rings (SSSR count). The molecule has 0 radical (unpaired) electrons. The molecule has 11 nitrogen and oxygen atoms in total. The fourth-order valence-electron chi connectivity index (χ4n) is 7.57. The van der Waals surface area contributed by atoms with Gasteiger partial charge >= 0.3 is 0 Å². The number of primary amides is 1. The molecule has 11 heteroatoms. The maximum Gasteiger partial charge on any atom is 0.255 e. The topological polar surface area (TPSA) is 168 Å². The molecule has 4 aliphatic rings. The number of nitrogens with two attached hydrogens (primary N) is 1. The minimum atomic E-state index is -2.66. The molecule has 44 heavy (non-hydrogen) atoms. The summed E-state index contributed by atoms with van der Waals surface area (Å²) in [5.41, 5.74) is 5.31. The summed E-state index contributed by atoms with van der Waals surface area (Å²) in [4.78, 5) is 45.8. The average Bonchev–Trinajstić information content (AvgIpc) is 2.96. The smallest absolute Gasteiger partial charge is 0.255 e. The van der Waals surface area contributed by atoms with Gasteiger partial charge in [-0.1, -0.05) is 30.3 Å². The minimum absolute atomic E-state index is 0.0464. The summed E-state index contributed by atoms with van der Waals surface area (Å²) in [6, 6.07) is 10.3. The van der Waals surface area contributed by atoms with Crippen LogP contribution in [0.5, 0.6) is 5.75 Å². The molecule has 1 aliphatic heterocycles. The summed E-state index contributed by atoms with van der Waals surface area (Å²) in [5.74, 6) is -6.61. The normalized spacial score (nSPS) is 27.8. The van der Waals surface area contributed by atoms with Crippen LogP contribution in [0.25, 0.3) is 16.9 Å². The number of carbonyl (C=O) groups is 3. The fraction of sp³-hybridized carbons (Fsp3) is 0.424. The average molecular weight is 603 g/mol. The third-order valence-corrected chi connectivity index (χ3v) is 9.87. The monoisotopic (exact) mass is 602 g/mol. The van der Waals surface area contributed by atoms with Gasteiger partial charge in [0.2, 0.25) is 5.78 Å². The number of carbonyl (C=O) groups excluding carboxylic acids is 3. The van der Waals surface area contributed by atoms with E-state index in [9.17, 15) is 34.8 Å². The number of amides is 1. The van der Waals surface area contributed by atoms with E-state index in [0.29, 0.717) is 5.56 Å². The second-order valence-electron chi connectivity index (χ2n) is 12.7. The summed E-state index contributed by atoms with van der Waals surface area (Å²) in [5, 5.41) is 45.2. The quantitative estimate of drug-likeness (QED) is 0.316. The summed E-state index contributed by atoms with van der Waals surface area (Å²) in [6.07, 6.45) is 0.284. The lowest BCUT2D eigenvalue weighted by atomic mass is 9.57. The number of piperazine rings is 1. The van der Waals surface area contributed by atoms with Crippen LogP contribution in [-0.4, -0.2) is 112 Å². The third kappa shape index (κ3) is 4.54. The van der Waals surface area contributed by atoms with Gasteiger partial charge in [0.15, 0.2) is 11.4 Å². The molecule has 232 valence electrons. The van der Waals surface area contributed by atoms with E-state index in [0.717, 1.165) is 43.9 Å². The van der Waals surface area contributed by atoms with Crippen LogP contribution in [0.15, 0.2) is 53.3 Å². The van der Waals surface area contributed by atoms with Crippen LogP contribution in [0.3, 0.4) is 0 Å². The number of benzene rings is 2. The van der Waals surface area contributed by atoms with Crippen LogP contribution in [0.4, 0.5) is 0 Å². The Hall–Kier alpha value is -4.03. The molecule has 0 unspecified atom stereocenters. The zero-order valence-corrected chi connectivity index (χ0v) is 25.1. The van der Waals surface area contributed by atoms with Crippen molar-refractivity contribution in [1.29, 1.82) is 0 Å². The molecule has 1 heterocycles. The first-order valence-corrected chi connectivity index (χ1v) is 14.8. The number of aliphatic hydroxyl groups is 3. The molecule has 0 bridgehead atoms. The molecule has 0 spiro atoms. The Kier molecular flexibility index (Phi) is 7.40. The number of fused-ring (bicyclic) bond motifs is 3. The van der Waals surface area contributed by atoms with Crippen molar-refractivity contribution in [3.8, 4) is 16.9 Å². The number of phenolic OH excluding ortho intramolecular Hbond substituents is 1. The van der Waals surface area contributed by atoms with Crippen LogP contribution < -0.4 is 5.73 Å². The van der Waals surface area contributed by atoms with Crippen LogP contribution in [0.2, 0.25) is 0 Å². The Morgan fingerprint density at radius 2 is 1.68 bits per heavy atom. The van der Waals surface area contributed by atoms with Crippen molar-refractivity contribution in [2.75, 3.05) is 47.3 Å². The summed E-state index contributed by atoms with van der Waals surface area (Å²) >= 11 is 0. The standard InChI is InChI=1S/C33H38N4O7/c1-35(2)27-22-15-19-14-21-20(18-6-4-17(5-7-18)16-37-12-10-36(3)11-13-37)8-9-23(38)25(21)28(39)24(19)30(41)33(22,44)31(42)26(29(27)40)32(34)43/h4-9,19,22,27,38-39,42,44H,10-16H2,1-3H3,(H2,34,43)/t19-,22+,27-,33+/m1/s1. The van der Waals surface area contributed by atoms with E-state index in [-0.39, 0.29) is 29.7 Å². The second kappa shape index (κ2) is 10.8. The van der Waals surface area contributed by atoms with Gasteiger partial charge < -0.3 is 31.1 Å². The van der Waals surface area contributed by atoms with E-state index in [2.05, 4.69) is 29.0 Å². The van der Waals surface area contributed by atoms with Gasteiger partial charge in [0.25, 0.3) is 5.91 Å². The Morgan fingerprint density at radius 1 is 1.02 bits per heavy atom. The first-order valence-electron chi connectivity index (χ1n) is 14.8. The number of likely N-dealkylation sites (N-methyl/N-ethyl adjacent to an activating group) is 2. The molecular weight excluding hydrogens is 564 g/mol. The van der Waals surface area contributed by atoms with E-state index < -0.39 is 58.0 Å². The highest BCUT2D eigenvalue weighted by atomic mass is 16.3. The highest BCUT2D eigenvalue weighted by molar-refractivity contribution is 6.24. The van der Waals surface area contributed by atoms with Gasteiger partial charge in [-0.05, 0) is 68.2 Å². The summed E-state index contributed by atoms with van der Waals surface area (Å²) in [7, 11) is 5.29. The molecule has 1 saturated heterocycles. The van der Waals surface area contributed by atoms with E-state index >= 15 is 0 Å². The van der Waals surface area contributed by atoms with E-state index in [1.54, 1.807) is 20.2 Å². The lowest BCUT2D eigenvalue weighted by molar-refractivity contribution is -0.153.